The van der Waals surface area contributed by atoms with Gasteiger partial charge in [-0.1, -0.05) is 11.8 Å². The summed E-state index contributed by atoms with van der Waals surface area (Å²) in [5.74, 6) is 3.20. The van der Waals surface area contributed by atoms with Gasteiger partial charge in [-0.15, -0.1) is 10.2 Å². The Morgan fingerprint density at radius 1 is 1.13 bits per heavy atom. The van der Waals surface area contributed by atoms with Gasteiger partial charge in [0.25, 0.3) is 5.91 Å². The Bertz CT molecular complexity index is 927. The topological polar surface area (TPSA) is 72.7 Å². The minimum absolute atomic E-state index is 0.00189. The monoisotopic (exact) mass is 429 g/mol. The number of carbonyl (C=O) groups excluding carboxylic acids is 1. The summed E-state index contributed by atoms with van der Waals surface area (Å²) in [6, 6.07) is 5.34. The lowest BCUT2D eigenvalue weighted by Crippen LogP contribution is -2.31. The summed E-state index contributed by atoms with van der Waals surface area (Å²) >= 11 is 1.75. The molecule has 1 aromatic carbocycles. The molecule has 0 bridgehead atoms. The number of hydrogen-bond acceptors (Lipinski definition) is 7. The quantitative estimate of drug-likeness (QED) is 0.654. The maximum absolute atomic E-state index is 13.2. The summed E-state index contributed by atoms with van der Waals surface area (Å²) in [6.07, 6.45) is 4.49. The van der Waals surface area contributed by atoms with E-state index in [0.717, 1.165) is 42.7 Å². The fourth-order valence-electron chi connectivity index (χ4n) is 4.49. The van der Waals surface area contributed by atoms with Crippen molar-refractivity contribution in [1.29, 1.82) is 0 Å². The number of amides is 1. The van der Waals surface area contributed by atoms with Crippen molar-refractivity contribution >= 4 is 17.7 Å². The average Bonchev–Trinajstić information content (AvgIpc) is 3.55. The van der Waals surface area contributed by atoms with Gasteiger partial charge in [0, 0.05) is 31.5 Å². The van der Waals surface area contributed by atoms with Crippen molar-refractivity contribution < 1.29 is 14.3 Å². The first kappa shape index (κ1) is 19.7. The second kappa shape index (κ2) is 8.47. The van der Waals surface area contributed by atoms with Gasteiger partial charge >= 0.3 is 0 Å². The first-order valence-electron chi connectivity index (χ1n) is 10.7. The molecule has 1 aromatic heterocycles. The van der Waals surface area contributed by atoms with E-state index in [-0.39, 0.29) is 18.7 Å². The third kappa shape index (κ3) is 3.76. The van der Waals surface area contributed by atoms with Crippen LogP contribution >= 0.6 is 11.8 Å². The molecular weight excluding hydrogens is 402 g/mol. The van der Waals surface area contributed by atoms with Gasteiger partial charge in [-0.05, 0) is 57.0 Å². The predicted octanol–water partition coefficient (Wildman–Crippen LogP) is 2.71. The number of hydrogen-bond donors (Lipinski definition) is 0. The van der Waals surface area contributed by atoms with E-state index in [4.69, 9.17) is 9.47 Å². The fourth-order valence-corrected chi connectivity index (χ4v) is 5.41. The molecule has 1 amide bonds. The summed E-state index contributed by atoms with van der Waals surface area (Å²) < 4.78 is 12.9. The maximum Gasteiger partial charge on any atom is 0.254 e. The Labute approximate surface area is 180 Å². The van der Waals surface area contributed by atoms with Crippen LogP contribution in [0.15, 0.2) is 23.4 Å². The first-order chi connectivity index (χ1) is 14.7. The van der Waals surface area contributed by atoms with Crippen molar-refractivity contribution in [2.24, 2.45) is 7.05 Å². The lowest BCUT2D eigenvalue weighted by Gasteiger charge is -2.24. The van der Waals surface area contributed by atoms with Crippen LogP contribution < -0.4 is 9.47 Å². The largest absolute Gasteiger partial charge is 0.454 e. The van der Waals surface area contributed by atoms with Gasteiger partial charge < -0.3 is 23.8 Å². The van der Waals surface area contributed by atoms with E-state index in [1.54, 1.807) is 23.9 Å². The molecule has 1 atom stereocenters. The molecule has 0 saturated carbocycles. The normalized spacial score (nSPS) is 21.0. The molecule has 2 aromatic rings. The zero-order valence-corrected chi connectivity index (χ0v) is 18.1. The lowest BCUT2D eigenvalue weighted by atomic mass is 10.1. The van der Waals surface area contributed by atoms with Crippen LogP contribution in [-0.2, 0) is 7.05 Å². The van der Waals surface area contributed by atoms with Crippen molar-refractivity contribution in [2.75, 3.05) is 38.7 Å². The number of benzene rings is 1. The number of nitrogens with zero attached hydrogens (tertiary/aromatic N) is 5. The molecule has 0 aliphatic carbocycles. The van der Waals surface area contributed by atoms with Gasteiger partial charge in [-0.25, -0.2) is 0 Å². The molecule has 8 nitrogen and oxygen atoms in total. The van der Waals surface area contributed by atoms with Crippen molar-refractivity contribution in [1.82, 2.24) is 24.6 Å². The smallest absolute Gasteiger partial charge is 0.254 e. The van der Waals surface area contributed by atoms with Crippen LogP contribution in [0, 0.1) is 0 Å². The number of thioether (sulfide) groups is 1. The van der Waals surface area contributed by atoms with E-state index in [1.165, 1.54) is 25.9 Å². The SMILES string of the molecule is Cn1c(SCCN2CCCC2)nnc1[C@H]1CCCN1C(=O)c1ccc2c(c1)OCO2. The molecule has 0 spiro atoms. The third-order valence-corrected chi connectivity index (χ3v) is 7.14. The molecule has 5 rings (SSSR count). The predicted molar refractivity (Wildman–Crippen MR) is 113 cm³/mol. The number of ether oxygens (including phenoxy) is 2. The molecule has 0 N–H and O–H groups in total. The Hall–Kier alpha value is -2.26. The minimum Gasteiger partial charge on any atom is -0.454 e. The number of carbonyl (C=O) groups is 1. The minimum atomic E-state index is -0.0478. The molecule has 0 radical (unpaired) electrons. The number of likely N-dealkylation sites (tertiary alicyclic amines) is 2. The van der Waals surface area contributed by atoms with Gasteiger partial charge in [0.15, 0.2) is 22.5 Å². The van der Waals surface area contributed by atoms with Gasteiger partial charge in [0.2, 0.25) is 6.79 Å². The van der Waals surface area contributed by atoms with Gasteiger partial charge in [-0.3, -0.25) is 4.79 Å². The molecule has 3 aliphatic rings. The Morgan fingerprint density at radius 3 is 2.83 bits per heavy atom. The zero-order valence-electron chi connectivity index (χ0n) is 17.2. The molecular formula is C21H27N5O3S. The number of aromatic nitrogens is 3. The van der Waals surface area contributed by atoms with E-state index >= 15 is 0 Å². The maximum atomic E-state index is 13.2. The van der Waals surface area contributed by atoms with E-state index < -0.39 is 0 Å². The molecule has 2 fully saturated rings. The highest BCUT2D eigenvalue weighted by atomic mass is 32.2. The Morgan fingerprint density at radius 2 is 1.97 bits per heavy atom. The average molecular weight is 430 g/mol. The van der Waals surface area contributed by atoms with E-state index in [9.17, 15) is 4.79 Å². The summed E-state index contributed by atoms with van der Waals surface area (Å²) in [5, 5.41) is 9.82. The summed E-state index contributed by atoms with van der Waals surface area (Å²) in [4.78, 5) is 17.7. The Kier molecular flexibility index (Phi) is 5.56. The van der Waals surface area contributed by atoms with Crippen LogP contribution in [0.25, 0.3) is 0 Å². The van der Waals surface area contributed by atoms with Gasteiger partial charge in [0.05, 0.1) is 6.04 Å². The van der Waals surface area contributed by atoms with Crippen LogP contribution in [0.5, 0.6) is 11.5 Å². The second-order valence-corrected chi connectivity index (χ2v) is 9.08. The zero-order chi connectivity index (χ0) is 20.5. The fraction of sp³-hybridized carbons (Fsp3) is 0.571. The van der Waals surface area contributed by atoms with Crippen molar-refractivity contribution in [3.05, 3.63) is 29.6 Å². The molecule has 4 heterocycles. The van der Waals surface area contributed by atoms with Crippen LogP contribution in [0.1, 0.15) is 47.9 Å². The molecule has 160 valence electrons. The Balaban J connectivity index is 1.27. The highest BCUT2D eigenvalue weighted by molar-refractivity contribution is 7.99. The van der Waals surface area contributed by atoms with Crippen LogP contribution in [0.2, 0.25) is 0 Å². The second-order valence-electron chi connectivity index (χ2n) is 8.02. The highest BCUT2D eigenvalue weighted by Gasteiger charge is 2.34. The van der Waals surface area contributed by atoms with Crippen molar-refractivity contribution in [3.8, 4) is 11.5 Å². The molecule has 3 aliphatic heterocycles. The molecule has 2 saturated heterocycles. The third-order valence-electron chi connectivity index (χ3n) is 6.14. The number of rotatable bonds is 6. The molecule has 9 heteroatoms. The molecule has 0 unspecified atom stereocenters. The summed E-state index contributed by atoms with van der Waals surface area (Å²) in [7, 11) is 2.01. The van der Waals surface area contributed by atoms with Crippen LogP contribution in [0.4, 0.5) is 0 Å². The van der Waals surface area contributed by atoms with Gasteiger partial charge in [-0.2, -0.15) is 0 Å². The first-order valence-corrected chi connectivity index (χ1v) is 11.6. The van der Waals surface area contributed by atoms with Crippen molar-refractivity contribution in [2.45, 2.75) is 36.9 Å². The lowest BCUT2D eigenvalue weighted by molar-refractivity contribution is 0.0727. The van der Waals surface area contributed by atoms with Crippen molar-refractivity contribution in [3.63, 3.8) is 0 Å². The van der Waals surface area contributed by atoms with E-state index in [1.807, 2.05) is 18.0 Å². The number of fused-ring (bicyclic) bond motifs is 1. The van der Waals surface area contributed by atoms with E-state index in [0.29, 0.717) is 17.1 Å². The standard InChI is InChI=1S/C21H27N5O3S/c1-24-19(22-23-21(24)30-12-11-25-8-2-3-9-25)16-5-4-10-26(16)20(27)15-6-7-17-18(13-15)29-14-28-17/h6-7,13,16H,2-5,8-12,14H2,1H3/t16-/m1/s1. The van der Waals surface area contributed by atoms with Crippen LogP contribution in [-0.4, -0.2) is 69.2 Å². The summed E-state index contributed by atoms with van der Waals surface area (Å²) in [6.45, 7) is 4.44. The van der Waals surface area contributed by atoms with E-state index in [2.05, 4.69) is 19.7 Å². The highest BCUT2D eigenvalue weighted by Crippen LogP contribution is 2.36. The van der Waals surface area contributed by atoms with Gasteiger partial charge in [0.1, 0.15) is 0 Å². The molecule has 30 heavy (non-hydrogen) atoms. The summed E-state index contributed by atoms with van der Waals surface area (Å²) in [5.41, 5.74) is 0.619. The van der Waals surface area contributed by atoms with Crippen LogP contribution in [0.3, 0.4) is 0 Å².